The highest BCUT2D eigenvalue weighted by Crippen LogP contribution is 2.35. The quantitative estimate of drug-likeness (QED) is 0.360. The first kappa shape index (κ1) is 28.3. The van der Waals surface area contributed by atoms with E-state index in [-0.39, 0.29) is 25.4 Å². The molecule has 3 atom stereocenters. The summed E-state index contributed by atoms with van der Waals surface area (Å²) in [5.74, 6) is -2.64. The Morgan fingerprint density at radius 2 is 1.77 bits per heavy atom. The molecule has 1 saturated heterocycles. The Morgan fingerprint density at radius 3 is 2.34 bits per heavy atom. The summed E-state index contributed by atoms with van der Waals surface area (Å²) in [4.78, 5) is 52.3. The molecule has 0 radical (unpaired) electrons. The minimum absolute atomic E-state index is 0.0597. The van der Waals surface area contributed by atoms with Gasteiger partial charge in [0.25, 0.3) is 0 Å². The molecule has 9 heteroatoms. The lowest BCUT2D eigenvalue weighted by Gasteiger charge is -2.38. The number of carbonyl (C=O) groups excluding carboxylic acids is 4. The molecule has 2 rings (SSSR count). The van der Waals surface area contributed by atoms with Gasteiger partial charge in [0.1, 0.15) is 23.2 Å². The number of nitrogens with zero attached hydrogens (tertiary/aromatic N) is 1. The van der Waals surface area contributed by atoms with Crippen LogP contribution in [0.2, 0.25) is 0 Å². The Balaban J connectivity index is 2.33. The maximum absolute atomic E-state index is 13.8. The van der Waals surface area contributed by atoms with Crippen LogP contribution in [0.5, 0.6) is 0 Å². The third-order valence-corrected chi connectivity index (χ3v) is 5.90. The number of ketones is 1. The van der Waals surface area contributed by atoms with E-state index in [0.717, 1.165) is 5.56 Å². The Bertz CT molecular complexity index is 894. The molecule has 0 aromatic heterocycles. The molecule has 1 fully saturated rings. The molecule has 1 aromatic carbocycles. The monoisotopic (exact) mass is 491 g/mol. The zero-order valence-corrected chi connectivity index (χ0v) is 21.5. The summed E-state index contributed by atoms with van der Waals surface area (Å²) in [7, 11) is 1.21. The molecule has 1 unspecified atom stereocenters. The lowest BCUT2D eigenvalue weighted by atomic mass is 9.84. The van der Waals surface area contributed by atoms with E-state index < -0.39 is 41.2 Å². The number of benzene rings is 1. The number of esters is 2. The summed E-state index contributed by atoms with van der Waals surface area (Å²) in [5.41, 5.74) is -1.15. The van der Waals surface area contributed by atoms with Crippen LogP contribution >= 0.6 is 0 Å². The number of likely N-dealkylation sites (tertiary alicyclic amines) is 1. The van der Waals surface area contributed by atoms with Gasteiger partial charge in [0.2, 0.25) is 0 Å². The van der Waals surface area contributed by atoms with Crippen molar-refractivity contribution in [3.63, 3.8) is 0 Å². The maximum Gasteiger partial charge on any atom is 0.411 e. The van der Waals surface area contributed by atoms with Gasteiger partial charge in [-0.25, -0.2) is 4.79 Å². The number of methoxy groups -OCH3 is 1. The van der Waals surface area contributed by atoms with Gasteiger partial charge in [0.05, 0.1) is 20.3 Å². The Morgan fingerprint density at radius 1 is 1.11 bits per heavy atom. The van der Waals surface area contributed by atoms with Gasteiger partial charge >= 0.3 is 18.0 Å². The third-order valence-electron chi connectivity index (χ3n) is 5.90. The highest BCUT2D eigenvalue weighted by atomic mass is 16.6. The van der Waals surface area contributed by atoms with Crippen LogP contribution < -0.4 is 0 Å². The summed E-state index contributed by atoms with van der Waals surface area (Å²) in [5, 5.41) is 0. The molecule has 0 saturated carbocycles. The molecule has 1 heterocycles. The molecule has 1 aliphatic heterocycles. The first-order chi connectivity index (χ1) is 16.4. The van der Waals surface area contributed by atoms with Crippen molar-refractivity contribution in [1.82, 2.24) is 4.90 Å². The summed E-state index contributed by atoms with van der Waals surface area (Å²) in [6.07, 6.45) is -0.857. The maximum atomic E-state index is 13.8. The molecule has 0 aliphatic carbocycles. The van der Waals surface area contributed by atoms with Crippen molar-refractivity contribution in [1.29, 1.82) is 0 Å². The standard InChI is InChI=1S/C26H37NO8/c1-18(34-19(2)28)21(23(30)32-6)15-22(29)26(17-33-16-20-11-8-7-9-12-20)13-10-14-27(26)24(31)35-25(3,4)5/h7-9,11-12,18,21H,10,13-17H2,1-6H3/t18-,21+,26?/m1/s1. The normalized spacial score (nSPS) is 19.5. The SMILES string of the molecule is COC(=O)[C@@H](CC(=O)C1(COCc2ccccc2)CCCN1C(=O)OC(C)(C)C)[C@@H](C)OC(C)=O. The average Bonchev–Trinajstić information content (AvgIpc) is 3.21. The number of hydrogen-bond acceptors (Lipinski definition) is 8. The van der Waals surface area contributed by atoms with Crippen molar-refractivity contribution in [3.05, 3.63) is 35.9 Å². The van der Waals surface area contributed by atoms with E-state index in [4.69, 9.17) is 18.9 Å². The fourth-order valence-corrected chi connectivity index (χ4v) is 4.22. The summed E-state index contributed by atoms with van der Waals surface area (Å²) in [6, 6.07) is 9.48. The summed E-state index contributed by atoms with van der Waals surface area (Å²) in [6.45, 7) is 8.54. The minimum atomic E-state index is -1.32. The van der Waals surface area contributed by atoms with Crippen molar-refractivity contribution < 1.29 is 38.1 Å². The highest BCUT2D eigenvalue weighted by molar-refractivity contribution is 5.95. The van der Waals surface area contributed by atoms with E-state index in [0.29, 0.717) is 19.4 Å². The van der Waals surface area contributed by atoms with Crippen molar-refractivity contribution in [3.8, 4) is 0 Å². The van der Waals surface area contributed by atoms with Crippen molar-refractivity contribution in [2.75, 3.05) is 20.3 Å². The van der Waals surface area contributed by atoms with Gasteiger partial charge in [-0.3, -0.25) is 19.3 Å². The van der Waals surface area contributed by atoms with Gasteiger partial charge in [-0.15, -0.1) is 0 Å². The predicted octanol–water partition coefficient (Wildman–Crippen LogP) is 3.67. The van der Waals surface area contributed by atoms with E-state index >= 15 is 0 Å². The van der Waals surface area contributed by atoms with Gasteiger partial charge in [0, 0.05) is 19.9 Å². The Kier molecular flexibility index (Phi) is 9.82. The lowest BCUT2D eigenvalue weighted by molar-refractivity contribution is -0.160. The van der Waals surface area contributed by atoms with E-state index in [9.17, 15) is 19.2 Å². The lowest BCUT2D eigenvalue weighted by Crippen LogP contribution is -2.58. The van der Waals surface area contributed by atoms with Crippen molar-refractivity contribution in [2.24, 2.45) is 5.92 Å². The molecule has 0 spiro atoms. The highest BCUT2D eigenvalue weighted by Gasteiger charge is 2.52. The summed E-state index contributed by atoms with van der Waals surface area (Å²) >= 11 is 0. The molecule has 194 valence electrons. The van der Waals surface area contributed by atoms with Crippen LogP contribution in [0.15, 0.2) is 30.3 Å². The first-order valence-electron chi connectivity index (χ1n) is 11.8. The molecule has 0 N–H and O–H groups in total. The van der Waals surface area contributed by atoms with E-state index in [1.54, 1.807) is 20.8 Å². The van der Waals surface area contributed by atoms with Crippen LogP contribution in [0.1, 0.15) is 59.4 Å². The topological polar surface area (TPSA) is 108 Å². The molecular formula is C26H37NO8. The van der Waals surface area contributed by atoms with E-state index in [2.05, 4.69) is 0 Å². The Labute approximate surface area is 207 Å². The van der Waals surface area contributed by atoms with E-state index in [1.807, 2.05) is 30.3 Å². The molecule has 0 bridgehead atoms. The fraction of sp³-hybridized carbons (Fsp3) is 0.615. The smallest absolute Gasteiger partial charge is 0.411 e. The molecule has 1 aliphatic rings. The predicted molar refractivity (Wildman–Crippen MR) is 127 cm³/mol. The summed E-state index contributed by atoms with van der Waals surface area (Å²) < 4.78 is 21.6. The molecule has 35 heavy (non-hydrogen) atoms. The van der Waals surface area contributed by atoms with Gasteiger partial charge in [-0.1, -0.05) is 30.3 Å². The van der Waals surface area contributed by atoms with Gasteiger partial charge < -0.3 is 18.9 Å². The second-order valence-electron chi connectivity index (χ2n) is 9.82. The van der Waals surface area contributed by atoms with Crippen molar-refractivity contribution in [2.45, 2.75) is 77.7 Å². The Hall–Kier alpha value is -2.94. The van der Waals surface area contributed by atoms with Crippen LogP contribution in [0.4, 0.5) is 4.79 Å². The number of hydrogen-bond donors (Lipinski definition) is 0. The van der Waals surface area contributed by atoms with Crippen LogP contribution in [-0.4, -0.2) is 66.2 Å². The zero-order valence-electron chi connectivity index (χ0n) is 21.5. The van der Waals surface area contributed by atoms with Gasteiger partial charge in [-0.05, 0) is 46.1 Å². The average molecular weight is 492 g/mol. The first-order valence-corrected chi connectivity index (χ1v) is 11.8. The second-order valence-corrected chi connectivity index (χ2v) is 9.82. The van der Waals surface area contributed by atoms with Crippen LogP contribution in [0.3, 0.4) is 0 Å². The van der Waals surface area contributed by atoms with E-state index in [1.165, 1.54) is 25.9 Å². The number of amides is 1. The zero-order chi connectivity index (χ0) is 26.2. The van der Waals surface area contributed by atoms with Crippen LogP contribution in [-0.2, 0) is 39.9 Å². The van der Waals surface area contributed by atoms with Crippen molar-refractivity contribution >= 4 is 23.8 Å². The third kappa shape index (κ3) is 7.78. The number of Topliss-reactive ketones (excluding diaryl/α,β-unsaturated/α-hetero) is 1. The molecule has 9 nitrogen and oxygen atoms in total. The second kappa shape index (κ2) is 12.2. The fourth-order valence-electron chi connectivity index (χ4n) is 4.22. The van der Waals surface area contributed by atoms with Gasteiger partial charge in [0.15, 0.2) is 5.78 Å². The molecule has 1 aromatic rings. The molecule has 1 amide bonds. The molecular weight excluding hydrogens is 454 g/mol. The number of carbonyl (C=O) groups is 4. The minimum Gasteiger partial charge on any atom is -0.469 e. The van der Waals surface area contributed by atoms with Crippen LogP contribution in [0.25, 0.3) is 0 Å². The number of rotatable bonds is 10. The van der Waals surface area contributed by atoms with Gasteiger partial charge in [-0.2, -0.15) is 0 Å². The largest absolute Gasteiger partial charge is 0.469 e. The number of ether oxygens (including phenoxy) is 4. The van der Waals surface area contributed by atoms with Crippen LogP contribution in [0, 0.1) is 5.92 Å².